The zero-order chi connectivity index (χ0) is 14.6. The molecule has 0 aliphatic rings. The molecular formula is C13H18F2N2O2. The number of aliphatic hydroxyl groups excluding tert-OH is 1. The first-order valence-corrected chi connectivity index (χ1v) is 5.96. The minimum absolute atomic E-state index is 0.0822. The Bertz CT molecular complexity index is 452. The zero-order valence-electron chi connectivity index (χ0n) is 11.2. The molecule has 0 bridgehead atoms. The fraction of sp³-hybridized carbons (Fsp3) is 0.462. The van der Waals surface area contributed by atoms with Crippen LogP contribution in [0, 0.1) is 11.6 Å². The first-order valence-electron chi connectivity index (χ1n) is 5.96. The van der Waals surface area contributed by atoms with Crippen molar-refractivity contribution in [3.05, 3.63) is 35.4 Å². The monoisotopic (exact) mass is 272 g/mol. The number of rotatable bonds is 4. The average molecular weight is 272 g/mol. The van der Waals surface area contributed by atoms with E-state index in [0.717, 1.165) is 6.07 Å². The molecule has 0 saturated heterocycles. The van der Waals surface area contributed by atoms with Gasteiger partial charge in [0, 0.05) is 19.2 Å². The van der Waals surface area contributed by atoms with Gasteiger partial charge < -0.3 is 15.3 Å². The van der Waals surface area contributed by atoms with Crippen LogP contribution in [0.25, 0.3) is 0 Å². The Kier molecular flexibility index (Phi) is 5.23. The van der Waals surface area contributed by atoms with E-state index in [0.29, 0.717) is 0 Å². The molecule has 0 radical (unpaired) electrons. The van der Waals surface area contributed by atoms with E-state index in [-0.39, 0.29) is 12.1 Å². The van der Waals surface area contributed by atoms with Crippen LogP contribution in [0.4, 0.5) is 13.6 Å². The molecule has 0 saturated carbocycles. The van der Waals surface area contributed by atoms with Gasteiger partial charge in [-0.2, -0.15) is 0 Å². The van der Waals surface area contributed by atoms with Crippen molar-refractivity contribution in [3.8, 4) is 0 Å². The quantitative estimate of drug-likeness (QED) is 0.881. The van der Waals surface area contributed by atoms with Crippen LogP contribution in [0.5, 0.6) is 0 Å². The molecule has 0 heterocycles. The number of likely N-dealkylation sites (N-methyl/N-ethyl adjacent to an activating group) is 1. The largest absolute Gasteiger partial charge is 0.392 e. The van der Waals surface area contributed by atoms with E-state index < -0.39 is 29.8 Å². The molecule has 0 fully saturated rings. The van der Waals surface area contributed by atoms with Crippen molar-refractivity contribution in [2.45, 2.75) is 26.0 Å². The molecule has 2 amide bonds. The number of amides is 2. The maximum absolute atomic E-state index is 13.5. The number of hydrogen-bond donors (Lipinski definition) is 2. The first-order chi connectivity index (χ1) is 8.82. The topological polar surface area (TPSA) is 52.6 Å². The number of nitrogens with one attached hydrogen (secondary N) is 1. The lowest BCUT2D eigenvalue weighted by molar-refractivity contribution is 0.142. The Morgan fingerprint density at radius 2 is 2.05 bits per heavy atom. The van der Waals surface area contributed by atoms with Gasteiger partial charge in [-0.15, -0.1) is 0 Å². The number of halogens is 2. The number of carbonyl (C=O) groups excluding carboxylic acids is 1. The second-order valence-electron chi connectivity index (χ2n) is 4.54. The first kappa shape index (κ1) is 15.4. The third-order valence-corrected chi connectivity index (χ3v) is 2.67. The van der Waals surface area contributed by atoms with Crippen LogP contribution in [0.3, 0.4) is 0 Å². The lowest BCUT2D eigenvalue weighted by Gasteiger charge is -2.22. The van der Waals surface area contributed by atoms with Gasteiger partial charge in [-0.1, -0.05) is 12.1 Å². The molecule has 0 aromatic heterocycles. The van der Waals surface area contributed by atoms with Crippen LogP contribution in [-0.4, -0.2) is 35.7 Å². The summed E-state index contributed by atoms with van der Waals surface area (Å²) in [6.45, 7) is 3.27. The lowest BCUT2D eigenvalue weighted by Crippen LogP contribution is -2.41. The summed E-state index contributed by atoms with van der Waals surface area (Å²) in [7, 11) is 1.51. The smallest absolute Gasteiger partial charge is 0.317 e. The SMILES string of the molecule is CC(O)CN(C)C(=O)NC(C)c1cccc(F)c1F. The molecule has 4 nitrogen and oxygen atoms in total. The number of hydrogen-bond acceptors (Lipinski definition) is 2. The van der Waals surface area contributed by atoms with E-state index in [9.17, 15) is 18.7 Å². The van der Waals surface area contributed by atoms with E-state index in [1.165, 1.54) is 24.1 Å². The van der Waals surface area contributed by atoms with Crippen LogP contribution in [-0.2, 0) is 0 Å². The van der Waals surface area contributed by atoms with Crippen molar-refractivity contribution in [3.63, 3.8) is 0 Å². The van der Waals surface area contributed by atoms with Gasteiger partial charge in [-0.25, -0.2) is 13.6 Å². The van der Waals surface area contributed by atoms with Crippen LogP contribution < -0.4 is 5.32 Å². The predicted molar refractivity (Wildman–Crippen MR) is 67.6 cm³/mol. The molecule has 1 rings (SSSR count). The van der Waals surface area contributed by atoms with Crippen molar-refractivity contribution in [1.29, 1.82) is 0 Å². The van der Waals surface area contributed by atoms with E-state index in [2.05, 4.69) is 5.32 Å². The van der Waals surface area contributed by atoms with Crippen molar-refractivity contribution in [2.75, 3.05) is 13.6 Å². The number of carbonyl (C=O) groups is 1. The molecule has 1 aromatic rings. The molecule has 0 spiro atoms. The summed E-state index contributed by atoms with van der Waals surface area (Å²) in [4.78, 5) is 13.0. The van der Waals surface area contributed by atoms with Gasteiger partial charge >= 0.3 is 6.03 Å². The van der Waals surface area contributed by atoms with Crippen molar-refractivity contribution >= 4 is 6.03 Å². The third kappa shape index (κ3) is 4.17. The summed E-state index contributed by atoms with van der Waals surface area (Å²) >= 11 is 0. The summed E-state index contributed by atoms with van der Waals surface area (Å²) in [6.07, 6.45) is -0.656. The molecule has 0 aliphatic carbocycles. The number of benzene rings is 1. The van der Waals surface area contributed by atoms with Crippen LogP contribution in [0.15, 0.2) is 18.2 Å². The van der Waals surface area contributed by atoms with Gasteiger partial charge in [0.1, 0.15) is 0 Å². The Hall–Kier alpha value is -1.69. The minimum Gasteiger partial charge on any atom is -0.392 e. The molecule has 6 heteroatoms. The van der Waals surface area contributed by atoms with Gasteiger partial charge in [0.25, 0.3) is 0 Å². The van der Waals surface area contributed by atoms with Gasteiger partial charge in [-0.05, 0) is 19.9 Å². The maximum Gasteiger partial charge on any atom is 0.317 e. The molecule has 2 atom stereocenters. The zero-order valence-corrected chi connectivity index (χ0v) is 11.2. The Labute approximate surface area is 111 Å². The van der Waals surface area contributed by atoms with Crippen LogP contribution in [0.2, 0.25) is 0 Å². The van der Waals surface area contributed by atoms with Crippen molar-refractivity contribution < 1.29 is 18.7 Å². The lowest BCUT2D eigenvalue weighted by atomic mass is 10.1. The predicted octanol–water partition coefficient (Wildman–Crippen LogP) is 2.05. The molecule has 2 unspecified atom stereocenters. The molecule has 1 aromatic carbocycles. The van der Waals surface area contributed by atoms with Gasteiger partial charge in [0.2, 0.25) is 0 Å². The number of urea groups is 1. The van der Waals surface area contributed by atoms with E-state index >= 15 is 0 Å². The Morgan fingerprint density at radius 3 is 2.63 bits per heavy atom. The molecule has 0 aliphatic heterocycles. The summed E-state index contributed by atoms with van der Waals surface area (Å²) < 4.78 is 26.6. The Balaban J connectivity index is 2.71. The van der Waals surface area contributed by atoms with Gasteiger partial charge in [-0.3, -0.25) is 0 Å². The van der Waals surface area contributed by atoms with Gasteiger partial charge in [0.05, 0.1) is 12.1 Å². The highest BCUT2D eigenvalue weighted by molar-refractivity contribution is 5.74. The summed E-state index contributed by atoms with van der Waals surface area (Å²) in [5.41, 5.74) is 0.0822. The van der Waals surface area contributed by atoms with Crippen molar-refractivity contribution in [2.24, 2.45) is 0 Å². The highest BCUT2D eigenvalue weighted by atomic mass is 19.2. The summed E-state index contributed by atoms with van der Waals surface area (Å²) in [5.74, 6) is -1.91. The van der Waals surface area contributed by atoms with E-state index in [1.54, 1.807) is 13.8 Å². The fourth-order valence-electron chi connectivity index (χ4n) is 1.71. The fourth-order valence-corrected chi connectivity index (χ4v) is 1.71. The maximum atomic E-state index is 13.5. The molecular weight excluding hydrogens is 254 g/mol. The molecule has 106 valence electrons. The summed E-state index contributed by atoms with van der Waals surface area (Å²) in [6, 6.07) is 2.69. The Morgan fingerprint density at radius 1 is 1.42 bits per heavy atom. The number of aliphatic hydroxyl groups is 1. The highest BCUT2D eigenvalue weighted by Gasteiger charge is 2.18. The molecule has 19 heavy (non-hydrogen) atoms. The van der Waals surface area contributed by atoms with E-state index in [4.69, 9.17) is 0 Å². The minimum atomic E-state index is -0.964. The number of nitrogens with zero attached hydrogens (tertiary/aromatic N) is 1. The normalized spacial score (nSPS) is 13.8. The molecule has 2 N–H and O–H groups in total. The third-order valence-electron chi connectivity index (χ3n) is 2.67. The standard InChI is InChI=1S/C13H18F2N2O2/c1-8(18)7-17(3)13(19)16-9(2)10-5-4-6-11(14)12(10)15/h4-6,8-9,18H,7H2,1-3H3,(H,16,19). The van der Waals surface area contributed by atoms with Gasteiger partial charge in [0.15, 0.2) is 11.6 Å². The second-order valence-corrected chi connectivity index (χ2v) is 4.54. The average Bonchev–Trinajstić information content (AvgIpc) is 2.31. The van der Waals surface area contributed by atoms with Crippen LogP contribution >= 0.6 is 0 Å². The van der Waals surface area contributed by atoms with Crippen LogP contribution in [0.1, 0.15) is 25.5 Å². The summed E-state index contributed by atoms with van der Waals surface area (Å²) in [5, 5.41) is 11.7. The van der Waals surface area contributed by atoms with Crippen molar-refractivity contribution in [1.82, 2.24) is 10.2 Å². The van der Waals surface area contributed by atoms with E-state index in [1.807, 2.05) is 0 Å². The second kappa shape index (κ2) is 6.47. The highest BCUT2D eigenvalue weighted by Crippen LogP contribution is 2.18.